The minimum absolute atomic E-state index is 0.142. The van der Waals surface area contributed by atoms with Gasteiger partial charge in [-0.2, -0.15) is 0 Å². The maximum absolute atomic E-state index is 12.0. The molecule has 2 heterocycles. The van der Waals surface area contributed by atoms with Crippen LogP contribution >= 0.6 is 0 Å². The van der Waals surface area contributed by atoms with Crippen LogP contribution in [0.3, 0.4) is 0 Å². The number of nitro benzene ring substituents is 1. The van der Waals surface area contributed by atoms with E-state index in [9.17, 15) is 19.7 Å². The molecule has 0 saturated carbocycles. The molecule has 0 atom stereocenters. The van der Waals surface area contributed by atoms with Crippen LogP contribution in [0.4, 0.5) is 11.4 Å². The third kappa shape index (κ3) is 4.11. The monoisotopic (exact) mass is 372 g/mol. The Kier molecular flexibility index (Phi) is 5.15. The van der Waals surface area contributed by atoms with Crippen molar-refractivity contribution in [2.75, 3.05) is 12.4 Å². The zero-order valence-electron chi connectivity index (χ0n) is 14.4. The zero-order chi connectivity index (χ0) is 19.4. The molecule has 0 radical (unpaired) electrons. The number of carbonyl (C=O) groups excluding carboxylic acids is 1. The number of methoxy groups -OCH3 is 1. The normalized spacial score (nSPS) is 10.7. The minimum atomic E-state index is -0.620. The molecule has 10 heteroatoms. The fourth-order valence-corrected chi connectivity index (χ4v) is 2.58. The highest BCUT2D eigenvalue weighted by Crippen LogP contribution is 2.20. The maximum atomic E-state index is 12.0. The Hall–Kier alpha value is -3.69. The summed E-state index contributed by atoms with van der Waals surface area (Å²) in [6, 6.07) is 7.27. The van der Waals surface area contributed by atoms with Crippen LogP contribution in [0.25, 0.3) is 11.1 Å². The highest BCUT2D eigenvalue weighted by Gasteiger charge is 2.14. The van der Waals surface area contributed by atoms with Crippen molar-refractivity contribution >= 4 is 28.4 Å². The molecule has 10 nitrogen and oxygen atoms in total. The fraction of sp³-hybridized carbons (Fsp3) is 0.235. The largest absolute Gasteiger partial charge is 0.481 e. The summed E-state index contributed by atoms with van der Waals surface area (Å²) in [7, 11) is 1.50. The van der Waals surface area contributed by atoms with Gasteiger partial charge in [0.25, 0.3) is 5.69 Å². The number of aromatic nitrogens is 2. The Balaban J connectivity index is 1.61. The van der Waals surface area contributed by atoms with E-state index in [4.69, 9.17) is 9.15 Å². The smallest absolute Gasteiger partial charge is 0.419 e. The van der Waals surface area contributed by atoms with Crippen molar-refractivity contribution in [2.24, 2.45) is 0 Å². The molecule has 0 aliphatic heterocycles. The van der Waals surface area contributed by atoms with Crippen molar-refractivity contribution in [1.82, 2.24) is 9.55 Å². The molecule has 27 heavy (non-hydrogen) atoms. The topological polar surface area (TPSA) is 130 Å². The lowest BCUT2D eigenvalue weighted by atomic mass is 10.2. The van der Waals surface area contributed by atoms with Gasteiger partial charge >= 0.3 is 5.76 Å². The van der Waals surface area contributed by atoms with Crippen molar-refractivity contribution in [1.29, 1.82) is 0 Å². The molecule has 0 spiro atoms. The summed E-state index contributed by atoms with van der Waals surface area (Å²) in [6.45, 7) is 0.248. The number of fused-ring (bicyclic) bond motifs is 1. The number of benzene rings is 1. The zero-order valence-corrected chi connectivity index (χ0v) is 14.4. The number of hydrogen-bond donors (Lipinski definition) is 1. The van der Waals surface area contributed by atoms with E-state index >= 15 is 0 Å². The van der Waals surface area contributed by atoms with Crippen LogP contribution in [0.15, 0.2) is 45.7 Å². The Morgan fingerprint density at radius 3 is 2.85 bits per heavy atom. The number of anilines is 1. The van der Waals surface area contributed by atoms with Crippen molar-refractivity contribution in [3.8, 4) is 5.88 Å². The average molecular weight is 372 g/mol. The lowest BCUT2D eigenvalue weighted by Crippen LogP contribution is -2.17. The number of nitrogens with one attached hydrogen (secondary N) is 1. The van der Waals surface area contributed by atoms with E-state index in [1.54, 1.807) is 12.1 Å². The van der Waals surface area contributed by atoms with Gasteiger partial charge < -0.3 is 14.5 Å². The minimum Gasteiger partial charge on any atom is -0.481 e. The second-order valence-corrected chi connectivity index (χ2v) is 5.67. The molecule has 3 aromatic rings. The second-order valence-electron chi connectivity index (χ2n) is 5.67. The first kappa shape index (κ1) is 18.1. The van der Waals surface area contributed by atoms with Gasteiger partial charge in [0.05, 0.1) is 35.5 Å². The molecule has 2 aromatic heterocycles. The molecule has 1 aromatic carbocycles. The molecular weight excluding hydrogens is 356 g/mol. The highest BCUT2D eigenvalue weighted by molar-refractivity contribution is 5.90. The fourth-order valence-electron chi connectivity index (χ4n) is 2.58. The summed E-state index contributed by atoms with van der Waals surface area (Å²) in [4.78, 5) is 38.2. The lowest BCUT2D eigenvalue weighted by Gasteiger charge is -2.06. The van der Waals surface area contributed by atoms with Crippen LogP contribution in [0, 0.1) is 10.1 Å². The number of carbonyl (C=O) groups is 1. The molecular formula is C17H16N4O6. The summed E-state index contributed by atoms with van der Waals surface area (Å²) in [5.41, 5.74) is 0.975. The van der Waals surface area contributed by atoms with Crippen molar-refractivity contribution < 1.29 is 18.9 Å². The summed E-state index contributed by atoms with van der Waals surface area (Å²) in [5, 5.41) is 13.5. The predicted molar refractivity (Wildman–Crippen MR) is 95.8 cm³/mol. The molecule has 0 fully saturated rings. The molecule has 0 unspecified atom stereocenters. The van der Waals surface area contributed by atoms with Crippen molar-refractivity contribution in [3.05, 3.63) is 57.2 Å². The maximum Gasteiger partial charge on any atom is 0.419 e. The molecule has 3 rings (SSSR count). The van der Waals surface area contributed by atoms with Crippen molar-refractivity contribution in [2.45, 2.75) is 19.4 Å². The van der Waals surface area contributed by atoms with E-state index in [1.165, 1.54) is 36.1 Å². The number of nitro groups is 1. The second kappa shape index (κ2) is 7.68. The van der Waals surface area contributed by atoms with Gasteiger partial charge in [0.15, 0.2) is 5.58 Å². The number of pyridine rings is 1. The van der Waals surface area contributed by atoms with E-state index in [0.29, 0.717) is 23.5 Å². The molecule has 0 saturated heterocycles. The summed E-state index contributed by atoms with van der Waals surface area (Å²) >= 11 is 0. The van der Waals surface area contributed by atoms with Crippen LogP contribution in [0.5, 0.6) is 5.88 Å². The highest BCUT2D eigenvalue weighted by atomic mass is 16.6. The van der Waals surface area contributed by atoms with E-state index in [1.807, 2.05) is 0 Å². The van der Waals surface area contributed by atoms with Crippen molar-refractivity contribution in [3.63, 3.8) is 0 Å². The number of ether oxygens (including phenoxy) is 1. The molecule has 1 amide bonds. The van der Waals surface area contributed by atoms with Crippen LogP contribution in [0.1, 0.15) is 12.8 Å². The molecule has 1 N–H and O–H groups in total. The Morgan fingerprint density at radius 1 is 1.37 bits per heavy atom. The number of nitrogens with zero attached hydrogens (tertiary/aromatic N) is 3. The standard InChI is InChI=1S/C17H16N4O6/c1-26-16-7-4-11(10-18-16)19-15(22)3-2-8-20-13-6-5-12(21(24)25)9-14(13)27-17(20)23/h4-7,9-10H,2-3,8H2,1H3,(H,19,22). The summed E-state index contributed by atoms with van der Waals surface area (Å²) in [5.74, 6) is -0.400. The molecule has 0 aliphatic carbocycles. The third-order valence-electron chi connectivity index (χ3n) is 3.88. The van der Waals surface area contributed by atoms with Gasteiger partial charge in [0, 0.05) is 25.1 Å². The first-order valence-electron chi connectivity index (χ1n) is 8.05. The lowest BCUT2D eigenvalue weighted by molar-refractivity contribution is -0.384. The van der Waals surface area contributed by atoms with Gasteiger partial charge in [-0.25, -0.2) is 9.78 Å². The van der Waals surface area contributed by atoms with Gasteiger partial charge in [-0.1, -0.05) is 0 Å². The molecule has 0 aliphatic rings. The van der Waals surface area contributed by atoms with Crippen LogP contribution in [-0.2, 0) is 11.3 Å². The van der Waals surface area contributed by atoms with Crippen LogP contribution < -0.4 is 15.8 Å². The third-order valence-corrected chi connectivity index (χ3v) is 3.88. The number of non-ortho nitro benzene ring substituents is 1. The number of oxazole rings is 1. The van der Waals surface area contributed by atoms with E-state index in [-0.39, 0.29) is 30.1 Å². The molecule has 0 bridgehead atoms. The van der Waals surface area contributed by atoms with Gasteiger partial charge in [-0.15, -0.1) is 0 Å². The average Bonchev–Trinajstić information content (AvgIpc) is 2.97. The first-order chi connectivity index (χ1) is 13.0. The summed E-state index contributed by atoms with van der Waals surface area (Å²) < 4.78 is 11.3. The van der Waals surface area contributed by atoms with E-state index in [2.05, 4.69) is 10.3 Å². The number of aryl methyl sites for hydroxylation is 1. The van der Waals surface area contributed by atoms with E-state index < -0.39 is 10.7 Å². The van der Waals surface area contributed by atoms with Gasteiger partial charge in [-0.05, 0) is 18.6 Å². The van der Waals surface area contributed by atoms with Gasteiger partial charge in [0.1, 0.15) is 0 Å². The number of hydrogen-bond acceptors (Lipinski definition) is 7. The first-order valence-corrected chi connectivity index (χ1v) is 8.05. The number of amides is 1. The van der Waals surface area contributed by atoms with E-state index in [0.717, 1.165) is 0 Å². The SMILES string of the molecule is COc1ccc(NC(=O)CCCn2c(=O)oc3cc([N+](=O)[O-])ccc32)cn1. The predicted octanol–water partition coefficient (Wildman–Crippen LogP) is 2.33. The Labute approximate surface area is 152 Å². The van der Waals surface area contributed by atoms with Gasteiger partial charge in [0.2, 0.25) is 11.8 Å². The van der Waals surface area contributed by atoms with Crippen LogP contribution in [0.2, 0.25) is 0 Å². The summed E-state index contributed by atoms with van der Waals surface area (Å²) in [6.07, 6.45) is 2.05. The Morgan fingerprint density at radius 2 is 2.19 bits per heavy atom. The van der Waals surface area contributed by atoms with Gasteiger partial charge in [-0.3, -0.25) is 19.5 Å². The number of rotatable bonds is 7. The van der Waals surface area contributed by atoms with Crippen LogP contribution in [-0.4, -0.2) is 27.5 Å². The molecule has 140 valence electrons. The Bertz CT molecular complexity index is 1040. The quantitative estimate of drug-likeness (QED) is 0.497.